The van der Waals surface area contributed by atoms with Crippen molar-refractivity contribution in [3.8, 4) is 11.5 Å². The van der Waals surface area contributed by atoms with Crippen molar-refractivity contribution < 1.29 is 17.9 Å². The number of benzene rings is 2. The van der Waals surface area contributed by atoms with Crippen molar-refractivity contribution in [2.75, 3.05) is 62.2 Å². The van der Waals surface area contributed by atoms with E-state index in [9.17, 15) is 8.42 Å². The lowest BCUT2D eigenvalue weighted by molar-refractivity contribution is 0.200. The largest absolute Gasteiger partial charge is 0.497 e. The van der Waals surface area contributed by atoms with E-state index in [2.05, 4.69) is 14.8 Å². The van der Waals surface area contributed by atoms with Gasteiger partial charge in [-0.25, -0.2) is 13.4 Å². The lowest BCUT2D eigenvalue weighted by Gasteiger charge is -2.35. The third-order valence-electron chi connectivity index (χ3n) is 6.07. The first-order valence-electron chi connectivity index (χ1n) is 11.8. The van der Waals surface area contributed by atoms with Crippen LogP contribution < -0.4 is 18.7 Å². The number of aromatic nitrogens is 1. The third-order valence-corrected chi connectivity index (χ3v) is 7.96. The van der Waals surface area contributed by atoms with Crippen LogP contribution in [0.2, 0.25) is 0 Å². The van der Waals surface area contributed by atoms with Crippen LogP contribution in [-0.2, 0) is 10.0 Å². The number of hydrogen-bond donors (Lipinski definition) is 0. The van der Waals surface area contributed by atoms with E-state index in [-0.39, 0.29) is 4.90 Å². The SMILES string of the molecule is CCN(c1ccccc1)S(=O)(=O)c1ccc(N2CCN(CCOc3ccc(OC)cc3)CC2)nc1. The van der Waals surface area contributed by atoms with E-state index in [0.717, 1.165) is 50.0 Å². The van der Waals surface area contributed by atoms with Gasteiger partial charge in [0.05, 0.1) is 12.8 Å². The Hall–Kier alpha value is -3.30. The number of methoxy groups -OCH3 is 1. The fraction of sp³-hybridized carbons (Fsp3) is 0.346. The standard InChI is InChI=1S/C26H32N4O4S/c1-3-30(22-7-5-4-6-8-22)35(31,32)25-13-14-26(27-21-25)29-17-15-28(16-18-29)19-20-34-24-11-9-23(33-2)10-12-24/h4-14,21H,3,15-20H2,1-2H3. The monoisotopic (exact) mass is 496 g/mol. The summed E-state index contributed by atoms with van der Waals surface area (Å²) in [6.45, 7) is 7.07. The van der Waals surface area contributed by atoms with Gasteiger partial charge >= 0.3 is 0 Å². The highest BCUT2D eigenvalue weighted by atomic mass is 32.2. The first kappa shape index (κ1) is 24.8. The van der Waals surface area contributed by atoms with Crippen molar-refractivity contribution in [1.82, 2.24) is 9.88 Å². The van der Waals surface area contributed by atoms with Gasteiger partial charge in [0.2, 0.25) is 0 Å². The van der Waals surface area contributed by atoms with Gasteiger partial charge < -0.3 is 14.4 Å². The molecule has 0 saturated carbocycles. The van der Waals surface area contributed by atoms with E-state index >= 15 is 0 Å². The molecule has 3 aromatic rings. The van der Waals surface area contributed by atoms with Crippen molar-refractivity contribution in [2.45, 2.75) is 11.8 Å². The maximum absolute atomic E-state index is 13.2. The summed E-state index contributed by atoms with van der Waals surface area (Å²) in [5, 5.41) is 0. The maximum Gasteiger partial charge on any atom is 0.265 e. The van der Waals surface area contributed by atoms with Crippen LogP contribution in [0.4, 0.5) is 11.5 Å². The summed E-state index contributed by atoms with van der Waals surface area (Å²) in [5.41, 5.74) is 0.645. The van der Waals surface area contributed by atoms with Gasteiger partial charge in [-0.2, -0.15) is 0 Å². The second kappa shape index (κ2) is 11.4. The molecular formula is C26H32N4O4S. The van der Waals surface area contributed by atoms with Crippen LogP contribution in [0.3, 0.4) is 0 Å². The molecule has 2 aromatic carbocycles. The molecule has 0 bridgehead atoms. The van der Waals surface area contributed by atoms with Crippen LogP contribution in [0.1, 0.15) is 6.92 Å². The molecule has 2 heterocycles. The lowest BCUT2D eigenvalue weighted by Crippen LogP contribution is -2.47. The zero-order chi connectivity index (χ0) is 24.7. The Kier molecular flexibility index (Phi) is 8.09. The fourth-order valence-electron chi connectivity index (χ4n) is 4.09. The highest BCUT2D eigenvalue weighted by Crippen LogP contribution is 2.24. The third kappa shape index (κ3) is 6.04. The molecule has 0 aliphatic carbocycles. The van der Waals surface area contributed by atoms with Gasteiger partial charge in [-0.1, -0.05) is 18.2 Å². The second-order valence-electron chi connectivity index (χ2n) is 8.21. The Bertz CT molecular complexity index is 1160. The topological polar surface area (TPSA) is 75.2 Å². The number of anilines is 2. The van der Waals surface area contributed by atoms with Crippen molar-refractivity contribution in [1.29, 1.82) is 0 Å². The van der Waals surface area contributed by atoms with Gasteiger partial charge in [0.1, 0.15) is 28.8 Å². The highest BCUT2D eigenvalue weighted by molar-refractivity contribution is 7.92. The molecule has 35 heavy (non-hydrogen) atoms. The molecule has 1 aliphatic rings. The molecule has 8 nitrogen and oxygen atoms in total. The van der Waals surface area contributed by atoms with E-state index in [1.807, 2.05) is 49.4 Å². The van der Waals surface area contributed by atoms with Gasteiger partial charge in [-0.15, -0.1) is 0 Å². The molecule has 1 saturated heterocycles. The second-order valence-corrected chi connectivity index (χ2v) is 10.1. The molecule has 9 heteroatoms. The molecule has 186 valence electrons. The number of piperazine rings is 1. The van der Waals surface area contributed by atoms with E-state index in [1.54, 1.807) is 31.4 Å². The summed E-state index contributed by atoms with van der Waals surface area (Å²) in [5.74, 6) is 2.44. The number of nitrogens with zero attached hydrogens (tertiary/aromatic N) is 4. The summed E-state index contributed by atoms with van der Waals surface area (Å²) < 4.78 is 38.8. The van der Waals surface area contributed by atoms with Gasteiger partial charge in [-0.3, -0.25) is 9.21 Å². The molecule has 0 unspecified atom stereocenters. The summed E-state index contributed by atoms with van der Waals surface area (Å²) in [6, 6.07) is 20.2. The summed E-state index contributed by atoms with van der Waals surface area (Å²) in [6.07, 6.45) is 1.46. The highest BCUT2D eigenvalue weighted by Gasteiger charge is 2.25. The molecule has 1 aromatic heterocycles. The van der Waals surface area contributed by atoms with Crippen LogP contribution >= 0.6 is 0 Å². The van der Waals surface area contributed by atoms with Gasteiger partial charge in [0.15, 0.2) is 0 Å². The summed E-state index contributed by atoms with van der Waals surface area (Å²) in [7, 11) is -2.03. The Labute approximate surface area is 207 Å². The smallest absolute Gasteiger partial charge is 0.265 e. The van der Waals surface area contributed by atoms with Crippen LogP contribution in [-0.4, -0.2) is 71.3 Å². The molecule has 4 rings (SSSR count). The maximum atomic E-state index is 13.2. The van der Waals surface area contributed by atoms with Gasteiger partial charge in [-0.05, 0) is 55.5 Å². The molecule has 0 spiro atoms. The minimum absolute atomic E-state index is 0.196. The average molecular weight is 497 g/mol. The summed E-state index contributed by atoms with van der Waals surface area (Å²) >= 11 is 0. The number of sulfonamides is 1. The number of rotatable bonds is 10. The van der Waals surface area contributed by atoms with E-state index < -0.39 is 10.0 Å². The molecule has 0 atom stereocenters. The fourth-order valence-corrected chi connectivity index (χ4v) is 5.51. The first-order chi connectivity index (χ1) is 17.0. The summed E-state index contributed by atoms with van der Waals surface area (Å²) in [4.78, 5) is 9.23. The van der Waals surface area contributed by atoms with Crippen LogP contribution in [0.5, 0.6) is 11.5 Å². The zero-order valence-corrected chi connectivity index (χ0v) is 21.0. The Morgan fingerprint density at radius 3 is 2.20 bits per heavy atom. The Balaban J connectivity index is 1.29. The van der Waals surface area contributed by atoms with Crippen LogP contribution in [0, 0.1) is 0 Å². The average Bonchev–Trinajstić information content (AvgIpc) is 2.90. The van der Waals surface area contributed by atoms with E-state index in [4.69, 9.17) is 9.47 Å². The number of para-hydroxylation sites is 1. The van der Waals surface area contributed by atoms with Crippen molar-refractivity contribution in [3.63, 3.8) is 0 Å². The quantitative estimate of drug-likeness (QED) is 0.425. The van der Waals surface area contributed by atoms with Crippen molar-refractivity contribution >= 4 is 21.5 Å². The van der Waals surface area contributed by atoms with Crippen molar-refractivity contribution in [2.24, 2.45) is 0 Å². The zero-order valence-electron chi connectivity index (χ0n) is 20.2. The van der Waals surface area contributed by atoms with Gasteiger partial charge in [0.25, 0.3) is 10.0 Å². The number of ether oxygens (including phenoxy) is 2. The number of pyridine rings is 1. The van der Waals surface area contributed by atoms with E-state index in [0.29, 0.717) is 18.8 Å². The predicted molar refractivity (Wildman–Crippen MR) is 138 cm³/mol. The minimum Gasteiger partial charge on any atom is -0.497 e. The normalized spacial score (nSPS) is 14.5. The van der Waals surface area contributed by atoms with Crippen LogP contribution in [0.25, 0.3) is 0 Å². The van der Waals surface area contributed by atoms with Crippen molar-refractivity contribution in [3.05, 3.63) is 72.9 Å². The molecule has 0 radical (unpaired) electrons. The number of hydrogen-bond acceptors (Lipinski definition) is 7. The first-order valence-corrected chi connectivity index (χ1v) is 13.2. The van der Waals surface area contributed by atoms with E-state index in [1.165, 1.54) is 10.5 Å². The predicted octanol–water partition coefficient (Wildman–Crippen LogP) is 3.51. The molecule has 0 amide bonds. The molecule has 0 N–H and O–H groups in total. The minimum atomic E-state index is -3.67. The molecule has 1 fully saturated rings. The van der Waals surface area contributed by atoms with Gasteiger partial charge in [0, 0.05) is 45.5 Å². The lowest BCUT2D eigenvalue weighted by atomic mass is 10.3. The van der Waals surface area contributed by atoms with Crippen LogP contribution in [0.15, 0.2) is 77.8 Å². The Morgan fingerprint density at radius 2 is 1.60 bits per heavy atom. The Morgan fingerprint density at radius 1 is 0.914 bits per heavy atom. The molecular weight excluding hydrogens is 464 g/mol. The molecule has 1 aliphatic heterocycles.